The van der Waals surface area contributed by atoms with E-state index in [4.69, 9.17) is 0 Å². The van der Waals surface area contributed by atoms with E-state index in [0.29, 0.717) is 0 Å². The number of hydrogen-bond donors (Lipinski definition) is 0. The van der Waals surface area contributed by atoms with Crippen LogP contribution >= 0.6 is 0 Å². The molecule has 0 aromatic heterocycles. The second kappa shape index (κ2) is 536. The van der Waals surface area contributed by atoms with E-state index in [1.54, 1.807) is 0 Å². The summed E-state index contributed by atoms with van der Waals surface area (Å²) in [5, 5.41) is 0. The van der Waals surface area contributed by atoms with E-state index in [1.165, 1.54) is 0 Å². The predicted octanol–water partition coefficient (Wildman–Crippen LogP) is -3.77. The first-order chi connectivity index (χ1) is 0. The van der Waals surface area contributed by atoms with Crippen molar-refractivity contribution in [3.63, 3.8) is 0 Å². The van der Waals surface area contributed by atoms with Crippen LogP contribution in [0.2, 0.25) is 0 Å². The molecule has 0 aromatic rings. The Morgan fingerprint density at radius 2 is 0.500 bits per heavy atom. The molecule has 0 aliphatic rings. The smallest absolute Gasteiger partial charge is 0.870 e. The van der Waals surface area contributed by atoms with Gasteiger partial charge in [-0.25, -0.2) is 0 Å². The molecule has 3 radical (unpaired) electrons. The molecule has 0 heterocycles. The van der Waals surface area contributed by atoms with Crippen molar-refractivity contribution >= 4 is 34.7 Å². The first kappa shape index (κ1) is 794. The van der Waals surface area contributed by atoms with Gasteiger partial charge in [0.2, 0.25) is 0 Å². The van der Waals surface area contributed by atoms with E-state index in [0.717, 1.165) is 0 Å². The third-order valence-corrected chi connectivity index (χ3v) is 0. The van der Waals surface area contributed by atoms with Crippen LogP contribution in [0, 0.1) is 0 Å². The minimum Gasteiger partial charge on any atom is -0.870 e. The van der Waals surface area contributed by atoms with Gasteiger partial charge < -0.3 is 32.9 Å². The molecule has 0 aliphatic heterocycles. The summed E-state index contributed by atoms with van der Waals surface area (Å²) in [5.74, 6) is 0. The molecule has 6 nitrogen and oxygen atoms in total. The van der Waals surface area contributed by atoms with Crippen LogP contribution in [0.15, 0.2) is 0 Å². The molecular formula is H9Al2O6. The Balaban J connectivity index is 0. The maximum Gasteiger partial charge on any atom is 3.00 e. The van der Waals surface area contributed by atoms with Gasteiger partial charge in [0.1, 0.15) is 0 Å². The van der Waals surface area contributed by atoms with Crippen LogP contribution in [0.4, 0.5) is 0 Å². The van der Waals surface area contributed by atoms with Crippen LogP contribution in [-0.2, 0) is 0 Å². The maximum atomic E-state index is 0. The summed E-state index contributed by atoms with van der Waals surface area (Å²) in [6.45, 7) is 0. The van der Waals surface area contributed by atoms with E-state index >= 15 is 0 Å². The van der Waals surface area contributed by atoms with Gasteiger partial charge in [0, 0.05) is 17.4 Å². The average molecular weight is 159 g/mol. The molecule has 0 aromatic carbocycles. The van der Waals surface area contributed by atoms with Crippen LogP contribution in [0.3, 0.4) is 0 Å². The summed E-state index contributed by atoms with van der Waals surface area (Å²) in [6.07, 6.45) is 0. The van der Waals surface area contributed by atoms with Crippen molar-refractivity contribution in [3.8, 4) is 0 Å². The zero-order valence-electron chi connectivity index (χ0n) is 4.00. The van der Waals surface area contributed by atoms with E-state index in [9.17, 15) is 0 Å². The first-order valence-corrected chi connectivity index (χ1v) is 0. The molecule has 0 bridgehead atoms. The van der Waals surface area contributed by atoms with Crippen molar-refractivity contribution in [3.05, 3.63) is 0 Å². The molecule has 0 fully saturated rings. The van der Waals surface area contributed by atoms with E-state index < -0.39 is 0 Å². The molecule has 8 heavy (non-hydrogen) atoms. The van der Waals surface area contributed by atoms with Gasteiger partial charge in [-0.15, -0.1) is 0 Å². The van der Waals surface area contributed by atoms with Crippen molar-refractivity contribution < 1.29 is 32.9 Å². The normalized spacial score (nSPS) is 0. The molecule has 0 saturated heterocycles. The SMILES string of the molecule is O.O.O.[Al+3].[Al].[OH-].[OH-].[OH-]. The Kier molecular flexibility index (Phi) is 53200. The molecule has 0 aliphatic carbocycles. The molecule has 0 rings (SSSR count). The van der Waals surface area contributed by atoms with Crippen molar-refractivity contribution in [2.45, 2.75) is 0 Å². The van der Waals surface area contributed by atoms with Gasteiger partial charge in [0.15, 0.2) is 0 Å². The summed E-state index contributed by atoms with van der Waals surface area (Å²) in [5.41, 5.74) is 0. The van der Waals surface area contributed by atoms with Crippen LogP contribution in [0.1, 0.15) is 0 Å². The fraction of sp³-hybridized carbons (Fsp3) is 0. The first-order valence-electron chi connectivity index (χ1n) is 0. The fourth-order valence-corrected chi connectivity index (χ4v) is 0. The van der Waals surface area contributed by atoms with E-state index in [1.807, 2.05) is 0 Å². The minimum absolute atomic E-state index is 0. The average Bonchev–Trinajstić information content (AvgIpc) is 0. The maximum absolute atomic E-state index is 0. The van der Waals surface area contributed by atoms with Crippen LogP contribution < -0.4 is 0 Å². The van der Waals surface area contributed by atoms with Gasteiger partial charge >= 0.3 is 17.4 Å². The summed E-state index contributed by atoms with van der Waals surface area (Å²) in [4.78, 5) is 0. The largest absolute Gasteiger partial charge is 3.00 e. The van der Waals surface area contributed by atoms with Crippen molar-refractivity contribution in [1.82, 2.24) is 0 Å². The molecule has 51 valence electrons. The minimum atomic E-state index is 0. The van der Waals surface area contributed by atoms with Gasteiger partial charge in [0.25, 0.3) is 0 Å². The molecule has 0 spiro atoms. The second-order valence-electron chi connectivity index (χ2n) is 0. The number of rotatable bonds is 0. The molecule has 8 heteroatoms. The van der Waals surface area contributed by atoms with Crippen molar-refractivity contribution in [2.75, 3.05) is 0 Å². The Hall–Kier alpha value is 0.825. The third-order valence-electron chi connectivity index (χ3n) is 0. The topological polar surface area (TPSA) is 184 Å². The predicted molar refractivity (Wildman–Crippen MR) is 28.2 cm³/mol. The zero-order valence-corrected chi connectivity index (χ0v) is 6.31. The second-order valence-corrected chi connectivity index (χ2v) is 0. The van der Waals surface area contributed by atoms with Gasteiger partial charge in [0.05, 0.1) is 0 Å². The summed E-state index contributed by atoms with van der Waals surface area (Å²) < 4.78 is 0. The zero-order chi connectivity index (χ0) is 0. The van der Waals surface area contributed by atoms with Gasteiger partial charge in [-0.05, 0) is 0 Å². The van der Waals surface area contributed by atoms with Gasteiger partial charge in [-0.2, -0.15) is 0 Å². The monoisotopic (exact) mass is 159 g/mol. The summed E-state index contributed by atoms with van der Waals surface area (Å²) in [6, 6.07) is 0. The third kappa shape index (κ3) is 340. The number of hydrogen-bond acceptors (Lipinski definition) is 3. The van der Waals surface area contributed by atoms with E-state index in [-0.39, 0.29) is 67.6 Å². The molecule has 0 unspecified atom stereocenters. The van der Waals surface area contributed by atoms with E-state index in [2.05, 4.69) is 0 Å². The molecule has 9 N–H and O–H groups in total. The Bertz CT molecular complexity index is 6.49. The molecule has 0 saturated carbocycles. The summed E-state index contributed by atoms with van der Waals surface area (Å²) >= 11 is 0. The standard InChI is InChI=1S/2Al.6H2O/h;;6*1H2/q;+3;;;;;;/p-3. The Morgan fingerprint density at radius 1 is 0.500 bits per heavy atom. The van der Waals surface area contributed by atoms with Gasteiger partial charge in [-0.3, -0.25) is 0 Å². The van der Waals surface area contributed by atoms with Crippen LogP contribution in [-0.4, -0.2) is 67.6 Å². The van der Waals surface area contributed by atoms with Crippen molar-refractivity contribution in [1.29, 1.82) is 0 Å². The van der Waals surface area contributed by atoms with Gasteiger partial charge in [-0.1, -0.05) is 0 Å². The summed E-state index contributed by atoms with van der Waals surface area (Å²) in [7, 11) is 0. The molecule has 0 amide bonds. The molecule has 0 atom stereocenters. The molecular weight excluding hydrogens is 150 g/mol. The van der Waals surface area contributed by atoms with Crippen LogP contribution in [0.25, 0.3) is 0 Å². The van der Waals surface area contributed by atoms with Crippen LogP contribution in [0.5, 0.6) is 0 Å². The Morgan fingerprint density at radius 3 is 0.500 bits per heavy atom. The fourth-order valence-electron chi connectivity index (χ4n) is 0. The quantitative estimate of drug-likeness (QED) is 0.329. The Labute approximate surface area is 68.0 Å². The van der Waals surface area contributed by atoms with Crippen molar-refractivity contribution in [2.24, 2.45) is 0 Å².